The number of aryl methyl sites for hydroxylation is 1. The zero-order chi connectivity index (χ0) is 14.4. The van der Waals surface area contributed by atoms with Crippen LogP contribution in [-0.2, 0) is 10.0 Å². The molecule has 1 aliphatic rings. The first-order chi connectivity index (χ1) is 8.73. The highest BCUT2D eigenvalue weighted by Gasteiger charge is 2.36. The Kier molecular flexibility index (Phi) is 3.33. The normalized spacial score (nSPS) is 17.2. The van der Waals surface area contributed by atoms with Crippen molar-refractivity contribution >= 4 is 16.0 Å². The van der Waals surface area contributed by atoms with E-state index in [0.717, 1.165) is 16.4 Å². The molecule has 2 N–H and O–H groups in total. The van der Waals surface area contributed by atoms with Crippen LogP contribution in [0.15, 0.2) is 17.0 Å². The van der Waals surface area contributed by atoms with Gasteiger partial charge in [-0.05, 0) is 24.6 Å². The standard InChI is InChI=1S/C11H12FNO5S/c1-6-2-8(3-9(10(6)12)11(15)16)19(17,18)13-4-7(14)5-13/h2-3,7,14H,4-5H2,1H3,(H,15,16). The quantitative estimate of drug-likeness (QED) is 0.828. The monoisotopic (exact) mass is 289 g/mol. The van der Waals surface area contributed by atoms with Crippen LogP contribution in [0, 0.1) is 12.7 Å². The zero-order valence-corrected chi connectivity index (χ0v) is 10.8. The highest BCUT2D eigenvalue weighted by atomic mass is 32.2. The highest BCUT2D eigenvalue weighted by Crippen LogP contribution is 2.25. The fraction of sp³-hybridized carbons (Fsp3) is 0.364. The van der Waals surface area contributed by atoms with Crippen molar-refractivity contribution in [3.8, 4) is 0 Å². The molecule has 0 unspecified atom stereocenters. The van der Waals surface area contributed by atoms with Gasteiger partial charge < -0.3 is 10.2 Å². The number of aromatic carboxylic acids is 1. The lowest BCUT2D eigenvalue weighted by atomic mass is 10.1. The van der Waals surface area contributed by atoms with E-state index in [1.165, 1.54) is 6.92 Å². The van der Waals surface area contributed by atoms with Crippen LogP contribution in [0.4, 0.5) is 4.39 Å². The lowest BCUT2D eigenvalue weighted by Crippen LogP contribution is -2.53. The predicted molar refractivity (Wildman–Crippen MR) is 62.9 cm³/mol. The Balaban J connectivity index is 2.49. The van der Waals surface area contributed by atoms with Gasteiger partial charge in [-0.3, -0.25) is 0 Å². The van der Waals surface area contributed by atoms with Crippen molar-refractivity contribution in [2.75, 3.05) is 13.1 Å². The number of β-amino-alcohol motifs (C(OH)–C–C–N with tert-alkyl or cyclic N) is 1. The molecule has 2 rings (SSSR count). The molecule has 0 spiro atoms. The third kappa shape index (κ3) is 2.34. The summed E-state index contributed by atoms with van der Waals surface area (Å²) in [4.78, 5) is 10.6. The van der Waals surface area contributed by atoms with Crippen molar-refractivity contribution in [2.45, 2.75) is 17.9 Å². The average Bonchev–Trinajstić information content (AvgIpc) is 2.27. The molecular formula is C11H12FNO5S. The van der Waals surface area contributed by atoms with E-state index in [2.05, 4.69) is 0 Å². The van der Waals surface area contributed by atoms with Gasteiger partial charge in [0.15, 0.2) is 0 Å². The number of halogens is 1. The second-order valence-corrected chi connectivity index (χ2v) is 6.32. The molecule has 0 amide bonds. The Bertz CT molecular complexity index is 637. The number of aliphatic hydroxyl groups excluding tert-OH is 1. The fourth-order valence-corrected chi connectivity index (χ4v) is 3.43. The van der Waals surface area contributed by atoms with Gasteiger partial charge >= 0.3 is 5.97 Å². The first-order valence-electron chi connectivity index (χ1n) is 5.45. The van der Waals surface area contributed by atoms with Crippen LogP contribution in [0.5, 0.6) is 0 Å². The van der Waals surface area contributed by atoms with Gasteiger partial charge in [0.1, 0.15) is 5.82 Å². The molecule has 1 aromatic rings. The summed E-state index contributed by atoms with van der Waals surface area (Å²) in [6, 6.07) is 1.88. The predicted octanol–water partition coefficient (Wildman–Crippen LogP) is 0.198. The molecule has 19 heavy (non-hydrogen) atoms. The second-order valence-electron chi connectivity index (χ2n) is 4.38. The van der Waals surface area contributed by atoms with E-state index in [0.29, 0.717) is 0 Å². The summed E-state index contributed by atoms with van der Waals surface area (Å²) in [5, 5.41) is 18.0. The molecule has 1 heterocycles. The number of carboxylic acids is 1. The van der Waals surface area contributed by atoms with Gasteiger partial charge in [0.05, 0.1) is 16.6 Å². The number of hydrogen-bond donors (Lipinski definition) is 2. The number of benzene rings is 1. The van der Waals surface area contributed by atoms with Crippen molar-refractivity contribution in [3.63, 3.8) is 0 Å². The maximum atomic E-state index is 13.6. The first kappa shape index (κ1) is 13.9. The molecule has 1 fully saturated rings. The summed E-state index contributed by atoms with van der Waals surface area (Å²) >= 11 is 0. The second kappa shape index (κ2) is 4.55. The molecule has 1 saturated heterocycles. The van der Waals surface area contributed by atoms with Crippen molar-refractivity contribution in [1.29, 1.82) is 0 Å². The van der Waals surface area contributed by atoms with Crippen molar-refractivity contribution < 1.29 is 27.8 Å². The number of sulfonamides is 1. The van der Waals surface area contributed by atoms with Crippen LogP contribution in [0.25, 0.3) is 0 Å². The van der Waals surface area contributed by atoms with Crippen LogP contribution in [-0.4, -0.2) is 48.1 Å². The van der Waals surface area contributed by atoms with Crippen LogP contribution in [0.1, 0.15) is 15.9 Å². The lowest BCUT2D eigenvalue weighted by Gasteiger charge is -2.34. The van der Waals surface area contributed by atoms with E-state index in [1.807, 2.05) is 0 Å². The Morgan fingerprint density at radius 2 is 2.00 bits per heavy atom. The Labute approximate surface area is 109 Å². The first-order valence-corrected chi connectivity index (χ1v) is 6.89. The van der Waals surface area contributed by atoms with E-state index in [1.54, 1.807) is 0 Å². The Morgan fingerprint density at radius 3 is 2.47 bits per heavy atom. The summed E-state index contributed by atoms with van der Waals surface area (Å²) in [6.07, 6.45) is -0.713. The molecule has 0 aliphatic carbocycles. The summed E-state index contributed by atoms with van der Waals surface area (Å²) in [5.74, 6) is -2.48. The van der Waals surface area contributed by atoms with Crippen LogP contribution in [0.2, 0.25) is 0 Å². The largest absolute Gasteiger partial charge is 0.478 e. The molecule has 1 aliphatic heterocycles. The number of carboxylic acid groups (broad SMARTS) is 1. The molecule has 0 radical (unpaired) electrons. The number of carbonyl (C=O) groups is 1. The Morgan fingerprint density at radius 1 is 1.42 bits per heavy atom. The minimum Gasteiger partial charge on any atom is -0.478 e. The lowest BCUT2D eigenvalue weighted by molar-refractivity contribution is 0.0547. The third-order valence-corrected chi connectivity index (χ3v) is 4.73. The molecule has 0 saturated carbocycles. The number of nitrogens with zero attached hydrogens (tertiary/aromatic N) is 1. The fourth-order valence-electron chi connectivity index (χ4n) is 1.80. The highest BCUT2D eigenvalue weighted by molar-refractivity contribution is 7.89. The topological polar surface area (TPSA) is 94.9 Å². The minimum absolute atomic E-state index is 0.0405. The number of aliphatic hydroxyl groups is 1. The van der Waals surface area contributed by atoms with Crippen LogP contribution < -0.4 is 0 Å². The van der Waals surface area contributed by atoms with Gasteiger partial charge in [0, 0.05) is 13.1 Å². The van der Waals surface area contributed by atoms with Gasteiger partial charge in [-0.25, -0.2) is 17.6 Å². The van der Waals surface area contributed by atoms with E-state index in [-0.39, 0.29) is 23.5 Å². The van der Waals surface area contributed by atoms with E-state index >= 15 is 0 Å². The maximum absolute atomic E-state index is 13.6. The molecule has 0 bridgehead atoms. The summed E-state index contributed by atoms with van der Waals surface area (Å²) in [6.45, 7) is 1.22. The van der Waals surface area contributed by atoms with E-state index in [4.69, 9.17) is 10.2 Å². The number of hydrogen-bond acceptors (Lipinski definition) is 4. The van der Waals surface area contributed by atoms with Gasteiger partial charge in [-0.2, -0.15) is 4.31 Å². The van der Waals surface area contributed by atoms with Crippen molar-refractivity contribution in [3.05, 3.63) is 29.1 Å². The minimum atomic E-state index is -3.89. The number of rotatable bonds is 3. The van der Waals surface area contributed by atoms with Crippen LogP contribution >= 0.6 is 0 Å². The maximum Gasteiger partial charge on any atom is 0.338 e. The van der Waals surface area contributed by atoms with E-state index < -0.39 is 33.5 Å². The molecule has 0 aromatic heterocycles. The average molecular weight is 289 g/mol. The SMILES string of the molecule is Cc1cc(S(=O)(=O)N2CC(O)C2)cc(C(=O)O)c1F. The Hall–Kier alpha value is -1.51. The van der Waals surface area contributed by atoms with Gasteiger partial charge in [-0.1, -0.05) is 0 Å². The van der Waals surface area contributed by atoms with Gasteiger partial charge in [-0.15, -0.1) is 0 Å². The van der Waals surface area contributed by atoms with Gasteiger partial charge in [0.25, 0.3) is 0 Å². The summed E-state index contributed by atoms with van der Waals surface area (Å²) in [7, 11) is -3.89. The summed E-state index contributed by atoms with van der Waals surface area (Å²) in [5.41, 5.74) is -0.737. The van der Waals surface area contributed by atoms with Crippen molar-refractivity contribution in [1.82, 2.24) is 4.31 Å². The van der Waals surface area contributed by atoms with Gasteiger partial charge in [0.2, 0.25) is 10.0 Å². The van der Waals surface area contributed by atoms with Crippen LogP contribution in [0.3, 0.4) is 0 Å². The molecule has 8 heteroatoms. The summed E-state index contributed by atoms with van der Waals surface area (Å²) < 4.78 is 38.8. The molecule has 1 aromatic carbocycles. The van der Waals surface area contributed by atoms with Crippen molar-refractivity contribution in [2.24, 2.45) is 0 Å². The molecular weight excluding hydrogens is 277 g/mol. The third-order valence-electron chi connectivity index (χ3n) is 2.92. The zero-order valence-electron chi connectivity index (χ0n) is 10.00. The smallest absolute Gasteiger partial charge is 0.338 e. The molecule has 0 atom stereocenters. The molecule has 104 valence electrons. The molecule has 6 nitrogen and oxygen atoms in total. The van der Waals surface area contributed by atoms with E-state index in [9.17, 15) is 17.6 Å².